The van der Waals surface area contributed by atoms with E-state index in [4.69, 9.17) is 14.6 Å². The fourth-order valence-corrected chi connectivity index (χ4v) is 1.59. The molecule has 0 aromatic rings. The number of amides is 1. The third kappa shape index (κ3) is 3.39. The summed E-state index contributed by atoms with van der Waals surface area (Å²) in [5, 5.41) is 21.1. The van der Waals surface area contributed by atoms with Crippen molar-refractivity contribution in [3.63, 3.8) is 0 Å². The van der Waals surface area contributed by atoms with Gasteiger partial charge in [-0.2, -0.15) is 0 Å². The minimum atomic E-state index is -1.83. The average Bonchev–Trinajstić information content (AvgIpc) is 2.20. The van der Waals surface area contributed by atoms with E-state index in [2.05, 4.69) is 5.32 Å². The number of carbonyl (C=O) groups is 2. The highest BCUT2D eigenvalue weighted by atomic mass is 16.7. The molecule has 1 amide bonds. The monoisotopic (exact) mass is 249 g/mol. The van der Waals surface area contributed by atoms with Crippen LogP contribution in [0.25, 0.3) is 0 Å². The molecule has 7 heteroatoms. The third-order valence-electron chi connectivity index (χ3n) is 2.48. The summed E-state index contributed by atoms with van der Waals surface area (Å²) in [6.07, 6.45) is -1.25. The molecule has 0 spiro atoms. The predicted molar refractivity (Wildman–Crippen MR) is 58.3 cm³/mol. The quantitative estimate of drug-likeness (QED) is 0.613. The van der Waals surface area contributed by atoms with Crippen LogP contribution in [0.1, 0.15) is 20.8 Å². The van der Waals surface area contributed by atoms with Crippen molar-refractivity contribution in [2.45, 2.75) is 38.7 Å². The predicted octanol–water partition coefficient (Wildman–Crippen LogP) is -0.664. The number of carboxylic acids is 1. The van der Waals surface area contributed by atoms with Crippen LogP contribution in [0.5, 0.6) is 0 Å². The molecule has 0 radical (unpaired) electrons. The van der Waals surface area contributed by atoms with Gasteiger partial charge in [0.1, 0.15) is 0 Å². The van der Waals surface area contributed by atoms with Crippen molar-refractivity contribution >= 4 is 11.9 Å². The first-order chi connectivity index (χ1) is 7.41. The zero-order valence-electron chi connectivity index (χ0n) is 9.10. The molecule has 0 aromatic heterocycles. The normalized spacial score (nSPS) is 32.4. The number of rotatable bonds is 3. The topological polar surface area (TPSA) is 105 Å². The van der Waals surface area contributed by atoms with Gasteiger partial charge in [-0.05, 0) is 0 Å². The Morgan fingerprint density at radius 1 is 1.53 bits per heavy atom. The minimum absolute atomic E-state index is 0. The van der Waals surface area contributed by atoms with Gasteiger partial charge in [-0.3, -0.25) is 4.79 Å². The number of hydrogen-bond acceptors (Lipinski definition) is 5. The van der Waals surface area contributed by atoms with Crippen molar-refractivity contribution < 1.29 is 29.3 Å². The second-order valence-corrected chi connectivity index (χ2v) is 3.65. The van der Waals surface area contributed by atoms with E-state index in [-0.39, 0.29) is 26.4 Å². The van der Waals surface area contributed by atoms with Crippen molar-refractivity contribution in [1.29, 1.82) is 0 Å². The number of methoxy groups -OCH3 is 1. The smallest absolute Gasteiger partial charge is 0.364 e. The van der Waals surface area contributed by atoms with Crippen LogP contribution in [0.3, 0.4) is 0 Å². The first-order valence-electron chi connectivity index (χ1n) is 4.79. The number of carbonyl (C=O) groups excluding carboxylic acids is 1. The van der Waals surface area contributed by atoms with Gasteiger partial charge in [-0.15, -0.1) is 0 Å². The average molecular weight is 249 g/mol. The number of carboxylic acid groups (broad SMARTS) is 1. The summed E-state index contributed by atoms with van der Waals surface area (Å²) in [7, 11) is 1.19. The number of ether oxygens (including phenoxy) is 2. The highest BCUT2D eigenvalue weighted by Gasteiger charge is 2.48. The van der Waals surface area contributed by atoms with E-state index in [0.717, 1.165) is 0 Å². The van der Waals surface area contributed by atoms with E-state index in [1.54, 1.807) is 0 Å². The highest BCUT2D eigenvalue weighted by Crippen LogP contribution is 2.26. The summed E-state index contributed by atoms with van der Waals surface area (Å²) >= 11 is 0. The summed E-state index contributed by atoms with van der Waals surface area (Å²) in [6, 6.07) is -0.611. The van der Waals surface area contributed by atoms with Gasteiger partial charge in [0.15, 0.2) is 0 Å². The van der Waals surface area contributed by atoms with Crippen molar-refractivity contribution in [1.82, 2.24) is 5.32 Å². The van der Waals surface area contributed by atoms with Gasteiger partial charge in [-0.25, -0.2) is 4.79 Å². The van der Waals surface area contributed by atoms with Crippen molar-refractivity contribution in [3.05, 3.63) is 0 Å². The molecule has 17 heavy (non-hydrogen) atoms. The second-order valence-electron chi connectivity index (χ2n) is 3.65. The standard InChI is InChI=1S/C9H15NO6.CH4/c1-5(11)10-6-4-16-9(15-2,8(13)14)3-7(6)12;/h6-7,12H,3-4H2,1-2H3,(H,10,11)(H,13,14);1H4. The Morgan fingerprint density at radius 2 is 2.12 bits per heavy atom. The Hall–Kier alpha value is -1.18. The minimum Gasteiger partial charge on any atom is -0.477 e. The number of aliphatic hydroxyl groups is 1. The molecule has 0 bridgehead atoms. The van der Waals surface area contributed by atoms with Gasteiger partial charge < -0.3 is 25.0 Å². The van der Waals surface area contributed by atoms with Gasteiger partial charge in [0.25, 0.3) is 5.79 Å². The van der Waals surface area contributed by atoms with E-state index in [0.29, 0.717) is 0 Å². The Balaban J connectivity index is 0.00000256. The van der Waals surface area contributed by atoms with Crippen LogP contribution < -0.4 is 5.32 Å². The van der Waals surface area contributed by atoms with E-state index < -0.39 is 23.9 Å². The third-order valence-corrected chi connectivity index (χ3v) is 2.48. The lowest BCUT2D eigenvalue weighted by atomic mass is 9.98. The lowest BCUT2D eigenvalue weighted by Gasteiger charge is -2.38. The lowest BCUT2D eigenvalue weighted by molar-refractivity contribution is -0.264. The molecule has 0 saturated carbocycles. The molecule has 3 N–H and O–H groups in total. The molecular weight excluding hydrogens is 230 g/mol. The fraction of sp³-hybridized carbons (Fsp3) is 0.800. The Kier molecular flexibility index (Phi) is 5.53. The van der Waals surface area contributed by atoms with Gasteiger partial charge in [-0.1, -0.05) is 7.43 Å². The lowest BCUT2D eigenvalue weighted by Crippen LogP contribution is -2.59. The van der Waals surface area contributed by atoms with Gasteiger partial charge >= 0.3 is 5.97 Å². The van der Waals surface area contributed by atoms with E-state index in [1.165, 1.54) is 14.0 Å². The van der Waals surface area contributed by atoms with Crippen molar-refractivity contribution in [2.75, 3.05) is 13.7 Å². The molecule has 1 heterocycles. The van der Waals surface area contributed by atoms with E-state index in [9.17, 15) is 14.7 Å². The summed E-state index contributed by atoms with van der Waals surface area (Å²) < 4.78 is 9.83. The van der Waals surface area contributed by atoms with Crippen LogP contribution in [0, 0.1) is 0 Å². The van der Waals surface area contributed by atoms with Crippen LogP contribution in [-0.2, 0) is 19.1 Å². The van der Waals surface area contributed by atoms with E-state index >= 15 is 0 Å². The Morgan fingerprint density at radius 3 is 2.47 bits per heavy atom. The summed E-state index contributed by atoms with van der Waals surface area (Å²) in [6.45, 7) is 1.20. The number of aliphatic hydroxyl groups excluding tert-OH is 1. The molecule has 7 nitrogen and oxygen atoms in total. The molecule has 0 aromatic carbocycles. The van der Waals surface area contributed by atoms with Crippen LogP contribution in [0.4, 0.5) is 0 Å². The zero-order valence-corrected chi connectivity index (χ0v) is 9.10. The Labute approximate surface area is 99.7 Å². The first kappa shape index (κ1) is 15.8. The maximum Gasteiger partial charge on any atom is 0.364 e. The van der Waals surface area contributed by atoms with Crippen LogP contribution in [-0.4, -0.2) is 53.7 Å². The van der Waals surface area contributed by atoms with Gasteiger partial charge in [0.05, 0.1) is 18.8 Å². The number of hydrogen-bond donors (Lipinski definition) is 3. The van der Waals surface area contributed by atoms with Gasteiger partial charge in [0.2, 0.25) is 5.91 Å². The zero-order chi connectivity index (χ0) is 12.3. The molecule has 3 atom stereocenters. The van der Waals surface area contributed by atoms with Crippen molar-refractivity contribution in [2.24, 2.45) is 0 Å². The number of nitrogens with one attached hydrogen (secondary N) is 1. The largest absolute Gasteiger partial charge is 0.477 e. The number of aliphatic carboxylic acids is 1. The molecule has 3 unspecified atom stereocenters. The molecule has 1 saturated heterocycles. The molecule has 1 fully saturated rings. The van der Waals surface area contributed by atoms with E-state index in [1.807, 2.05) is 0 Å². The molecular formula is C10H19NO6. The SMILES string of the molecule is C.COC1(C(=O)O)CC(O)C(NC(C)=O)CO1. The summed E-state index contributed by atoms with van der Waals surface area (Å²) in [5.41, 5.74) is 0. The molecule has 1 aliphatic rings. The maximum atomic E-state index is 10.9. The molecule has 0 aliphatic carbocycles. The van der Waals surface area contributed by atoms with Crippen LogP contribution in [0.2, 0.25) is 0 Å². The molecule has 1 rings (SSSR count). The highest BCUT2D eigenvalue weighted by molar-refractivity contribution is 5.76. The molecule has 1 aliphatic heterocycles. The fourth-order valence-electron chi connectivity index (χ4n) is 1.59. The Bertz CT molecular complexity index is 295. The molecule has 100 valence electrons. The van der Waals surface area contributed by atoms with Crippen LogP contribution in [0.15, 0.2) is 0 Å². The second kappa shape index (κ2) is 5.95. The maximum absolute atomic E-state index is 10.9. The summed E-state index contributed by atoms with van der Waals surface area (Å²) in [4.78, 5) is 21.7. The van der Waals surface area contributed by atoms with Gasteiger partial charge in [0, 0.05) is 20.5 Å². The van der Waals surface area contributed by atoms with Crippen molar-refractivity contribution in [3.8, 4) is 0 Å². The first-order valence-corrected chi connectivity index (χ1v) is 4.79. The van der Waals surface area contributed by atoms with Crippen LogP contribution >= 0.6 is 0 Å². The summed E-state index contributed by atoms with van der Waals surface area (Å²) in [5.74, 6) is -3.43.